The van der Waals surface area contributed by atoms with E-state index in [1.165, 1.54) is 0 Å². The summed E-state index contributed by atoms with van der Waals surface area (Å²) in [6, 6.07) is 7.63. The van der Waals surface area contributed by atoms with Crippen LogP contribution in [0.2, 0.25) is 5.02 Å². The van der Waals surface area contributed by atoms with Crippen LogP contribution in [0.25, 0.3) is 11.2 Å². The summed E-state index contributed by atoms with van der Waals surface area (Å²) in [5.41, 5.74) is 9.22. The fraction of sp³-hybridized carbons (Fsp3) is 0.154. The van der Waals surface area contributed by atoms with Gasteiger partial charge < -0.3 is 5.73 Å². The predicted octanol–water partition coefficient (Wildman–Crippen LogP) is 2.42. The summed E-state index contributed by atoms with van der Waals surface area (Å²) in [5, 5.41) is 0.547. The minimum absolute atomic E-state index is 0.410. The highest BCUT2D eigenvalue weighted by Crippen LogP contribution is 2.20. The van der Waals surface area contributed by atoms with E-state index >= 15 is 0 Å². The summed E-state index contributed by atoms with van der Waals surface area (Å²) in [6.07, 6.45) is 1.59. The van der Waals surface area contributed by atoms with E-state index in [2.05, 4.69) is 15.0 Å². The number of aryl methyl sites for hydroxylation is 1. The average Bonchev–Trinajstić information content (AvgIpc) is 2.65. The highest BCUT2D eigenvalue weighted by atomic mass is 35.5. The van der Waals surface area contributed by atoms with Crippen LogP contribution in [0, 0.1) is 6.92 Å². The van der Waals surface area contributed by atoms with Gasteiger partial charge in [0.15, 0.2) is 5.65 Å². The maximum Gasteiger partial charge on any atom is 0.202 e. The van der Waals surface area contributed by atoms with Gasteiger partial charge in [0.1, 0.15) is 5.52 Å². The van der Waals surface area contributed by atoms with Crippen LogP contribution in [0.1, 0.15) is 11.4 Å². The molecule has 0 bridgehead atoms. The molecule has 0 saturated heterocycles. The fourth-order valence-corrected chi connectivity index (χ4v) is 2.16. The molecule has 3 rings (SSSR count). The van der Waals surface area contributed by atoms with E-state index in [-0.39, 0.29) is 0 Å². The molecule has 0 amide bonds. The number of nitrogen functional groups attached to an aromatic ring is 1. The van der Waals surface area contributed by atoms with Gasteiger partial charge in [-0.05, 0) is 25.1 Å². The number of pyridine rings is 2. The van der Waals surface area contributed by atoms with Gasteiger partial charge in [0.25, 0.3) is 0 Å². The number of hydrogen-bond acceptors (Lipinski definition) is 4. The summed E-state index contributed by atoms with van der Waals surface area (Å²) in [7, 11) is 0. The van der Waals surface area contributed by atoms with Crippen molar-refractivity contribution < 1.29 is 0 Å². The molecule has 5 nitrogen and oxygen atoms in total. The number of nitrogens with zero attached hydrogens (tertiary/aromatic N) is 4. The molecule has 0 aliphatic carbocycles. The Hall–Kier alpha value is -2.14. The Balaban J connectivity index is 2.07. The first-order valence-corrected chi connectivity index (χ1v) is 6.21. The quantitative estimate of drug-likeness (QED) is 0.778. The molecule has 0 fully saturated rings. The van der Waals surface area contributed by atoms with Gasteiger partial charge in [0, 0.05) is 11.9 Å². The predicted molar refractivity (Wildman–Crippen MR) is 75.0 cm³/mol. The van der Waals surface area contributed by atoms with E-state index in [9.17, 15) is 0 Å². The van der Waals surface area contributed by atoms with Crippen LogP contribution < -0.4 is 5.73 Å². The summed E-state index contributed by atoms with van der Waals surface area (Å²) in [4.78, 5) is 13.0. The first kappa shape index (κ1) is 11.9. The average molecular weight is 274 g/mol. The van der Waals surface area contributed by atoms with E-state index < -0.39 is 0 Å². The Bertz CT molecular complexity index is 750. The second kappa shape index (κ2) is 4.51. The summed E-state index contributed by atoms with van der Waals surface area (Å²) >= 11 is 5.90. The number of nitrogens with two attached hydrogens (primary N) is 1. The van der Waals surface area contributed by atoms with Gasteiger partial charge in [-0.2, -0.15) is 0 Å². The number of halogens is 1. The van der Waals surface area contributed by atoms with Gasteiger partial charge >= 0.3 is 0 Å². The Morgan fingerprint density at radius 1 is 1.32 bits per heavy atom. The van der Waals surface area contributed by atoms with Crippen molar-refractivity contribution in [1.82, 2.24) is 19.5 Å². The molecule has 0 saturated carbocycles. The fourth-order valence-electron chi connectivity index (χ4n) is 2.01. The number of hydrogen-bond donors (Lipinski definition) is 1. The first-order chi connectivity index (χ1) is 9.13. The van der Waals surface area contributed by atoms with Crippen molar-refractivity contribution in [1.29, 1.82) is 0 Å². The van der Waals surface area contributed by atoms with Crippen molar-refractivity contribution in [2.75, 3.05) is 5.73 Å². The number of anilines is 1. The lowest BCUT2D eigenvalue weighted by atomic mass is 10.3. The van der Waals surface area contributed by atoms with Crippen LogP contribution in [0.4, 0.5) is 5.95 Å². The van der Waals surface area contributed by atoms with Gasteiger partial charge in [0.05, 0.1) is 17.3 Å². The second-order valence-electron chi connectivity index (χ2n) is 4.32. The molecule has 19 heavy (non-hydrogen) atoms. The highest BCUT2D eigenvalue weighted by molar-refractivity contribution is 6.31. The highest BCUT2D eigenvalue weighted by Gasteiger charge is 2.10. The van der Waals surface area contributed by atoms with E-state index in [4.69, 9.17) is 17.3 Å². The third-order valence-electron chi connectivity index (χ3n) is 2.85. The van der Waals surface area contributed by atoms with Crippen molar-refractivity contribution in [3.8, 4) is 0 Å². The summed E-state index contributed by atoms with van der Waals surface area (Å²) < 4.78 is 1.83. The lowest BCUT2D eigenvalue weighted by Gasteiger charge is -2.05. The van der Waals surface area contributed by atoms with E-state index in [1.807, 2.05) is 29.7 Å². The lowest BCUT2D eigenvalue weighted by Crippen LogP contribution is -2.07. The lowest BCUT2D eigenvalue weighted by molar-refractivity contribution is 0.796. The molecule has 0 spiro atoms. The van der Waals surface area contributed by atoms with Crippen molar-refractivity contribution in [2.45, 2.75) is 13.5 Å². The minimum Gasteiger partial charge on any atom is -0.369 e. The topological polar surface area (TPSA) is 69.6 Å². The molecule has 2 N–H and O–H groups in total. The van der Waals surface area contributed by atoms with E-state index in [0.717, 1.165) is 11.4 Å². The van der Waals surface area contributed by atoms with Gasteiger partial charge in [-0.3, -0.25) is 9.55 Å². The van der Waals surface area contributed by atoms with E-state index in [0.29, 0.717) is 28.7 Å². The first-order valence-electron chi connectivity index (χ1n) is 5.83. The summed E-state index contributed by atoms with van der Waals surface area (Å²) in [6.45, 7) is 2.50. The molecule has 0 atom stereocenters. The molecule has 0 aromatic carbocycles. The number of imidazole rings is 1. The van der Waals surface area contributed by atoms with Crippen LogP contribution in [0.3, 0.4) is 0 Å². The third-order valence-corrected chi connectivity index (χ3v) is 3.05. The molecule has 0 aliphatic rings. The van der Waals surface area contributed by atoms with Crippen LogP contribution in [0.5, 0.6) is 0 Å². The number of rotatable bonds is 2. The molecule has 0 aliphatic heterocycles. The Labute approximate surface area is 115 Å². The molecule has 3 aromatic rings. The Morgan fingerprint density at radius 2 is 2.16 bits per heavy atom. The molecule has 3 heterocycles. The van der Waals surface area contributed by atoms with Gasteiger partial charge in [0.2, 0.25) is 5.95 Å². The van der Waals surface area contributed by atoms with Crippen molar-refractivity contribution in [2.24, 2.45) is 0 Å². The zero-order valence-corrected chi connectivity index (χ0v) is 11.1. The van der Waals surface area contributed by atoms with Crippen LogP contribution >= 0.6 is 11.6 Å². The van der Waals surface area contributed by atoms with Crippen LogP contribution in [0.15, 0.2) is 30.5 Å². The molecule has 3 aromatic heterocycles. The molecule has 0 radical (unpaired) electrons. The smallest absolute Gasteiger partial charge is 0.202 e. The molecule has 96 valence electrons. The maximum absolute atomic E-state index is 5.93. The maximum atomic E-state index is 5.93. The SMILES string of the molecule is Cc1cccc(Cn2c(N)nc3cc(Cl)cnc32)n1. The largest absolute Gasteiger partial charge is 0.369 e. The standard InChI is InChI=1S/C13H12ClN5/c1-8-3-2-4-10(17-8)7-19-12-11(18-13(19)15)5-9(14)6-16-12/h2-6H,7H2,1H3,(H2,15,18). The third kappa shape index (κ3) is 2.24. The van der Waals surface area contributed by atoms with Crippen LogP contribution in [-0.2, 0) is 6.54 Å². The van der Waals surface area contributed by atoms with Crippen molar-refractivity contribution in [3.05, 3.63) is 46.9 Å². The minimum atomic E-state index is 0.410. The zero-order valence-electron chi connectivity index (χ0n) is 10.3. The normalized spacial score (nSPS) is 11.1. The molecule has 0 unspecified atom stereocenters. The van der Waals surface area contributed by atoms with Gasteiger partial charge in [-0.1, -0.05) is 17.7 Å². The van der Waals surface area contributed by atoms with E-state index in [1.54, 1.807) is 12.3 Å². The monoisotopic (exact) mass is 273 g/mol. The number of fused-ring (bicyclic) bond motifs is 1. The summed E-state index contributed by atoms with van der Waals surface area (Å²) in [5.74, 6) is 0.410. The molecular formula is C13H12ClN5. The molecule has 6 heteroatoms. The van der Waals surface area contributed by atoms with Crippen molar-refractivity contribution in [3.63, 3.8) is 0 Å². The zero-order chi connectivity index (χ0) is 13.4. The van der Waals surface area contributed by atoms with Gasteiger partial charge in [-0.15, -0.1) is 0 Å². The Kier molecular flexibility index (Phi) is 2.83. The Morgan fingerprint density at radius 3 is 2.95 bits per heavy atom. The van der Waals surface area contributed by atoms with Gasteiger partial charge in [-0.25, -0.2) is 9.97 Å². The van der Waals surface area contributed by atoms with Crippen molar-refractivity contribution >= 4 is 28.7 Å². The molecular weight excluding hydrogens is 262 g/mol. The second-order valence-corrected chi connectivity index (χ2v) is 4.76. The van der Waals surface area contributed by atoms with Crippen LogP contribution in [-0.4, -0.2) is 19.5 Å². The number of aromatic nitrogens is 4.